The maximum Gasteiger partial charge on any atom is 0.225 e. The zero-order valence-corrected chi connectivity index (χ0v) is 11.1. The van der Waals surface area contributed by atoms with Crippen LogP contribution in [0.4, 0.5) is 0 Å². The lowest BCUT2D eigenvalue weighted by Crippen LogP contribution is -2.47. The van der Waals surface area contributed by atoms with Gasteiger partial charge in [-0.3, -0.25) is 4.79 Å². The number of nitrogens with one attached hydrogen (secondary N) is 1. The van der Waals surface area contributed by atoms with E-state index in [1.807, 2.05) is 19.0 Å². The van der Waals surface area contributed by atoms with Gasteiger partial charge in [0, 0.05) is 19.5 Å². The van der Waals surface area contributed by atoms with Gasteiger partial charge in [-0.05, 0) is 39.2 Å². The van der Waals surface area contributed by atoms with Crippen LogP contribution < -0.4 is 5.32 Å². The highest BCUT2D eigenvalue weighted by Gasteiger charge is 2.37. The molecular formula is C13H23N3O. The highest BCUT2D eigenvalue weighted by molar-refractivity contribution is 5.78. The molecule has 1 aliphatic carbocycles. The van der Waals surface area contributed by atoms with Crippen molar-refractivity contribution in [3.05, 3.63) is 0 Å². The summed E-state index contributed by atoms with van der Waals surface area (Å²) in [4.78, 5) is 13.9. The summed E-state index contributed by atoms with van der Waals surface area (Å²) in [7, 11) is 3.70. The minimum absolute atomic E-state index is 0.112. The number of hydrogen-bond acceptors (Lipinski definition) is 3. The maximum absolute atomic E-state index is 12.1. The Kier molecular flexibility index (Phi) is 4.95. The van der Waals surface area contributed by atoms with Crippen molar-refractivity contribution in [3.8, 4) is 6.07 Å². The number of carbonyl (C=O) groups excluding carboxylic acids is 1. The van der Waals surface area contributed by atoms with Crippen molar-refractivity contribution in [1.82, 2.24) is 10.2 Å². The third kappa shape index (κ3) is 3.19. The second kappa shape index (κ2) is 6.02. The van der Waals surface area contributed by atoms with Gasteiger partial charge in [-0.25, -0.2) is 0 Å². The molecule has 17 heavy (non-hydrogen) atoms. The zero-order chi connectivity index (χ0) is 12.9. The largest absolute Gasteiger partial charge is 0.346 e. The van der Waals surface area contributed by atoms with Crippen LogP contribution in [0.15, 0.2) is 0 Å². The van der Waals surface area contributed by atoms with Crippen molar-refractivity contribution in [1.29, 1.82) is 5.26 Å². The second-order valence-corrected chi connectivity index (χ2v) is 4.98. The molecule has 1 N–H and O–H groups in total. The van der Waals surface area contributed by atoms with Crippen LogP contribution in [-0.4, -0.2) is 37.0 Å². The van der Waals surface area contributed by atoms with Gasteiger partial charge in [0.25, 0.3) is 0 Å². The smallest absolute Gasteiger partial charge is 0.225 e. The Labute approximate surface area is 104 Å². The molecule has 0 aliphatic heterocycles. The van der Waals surface area contributed by atoms with E-state index >= 15 is 0 Å². The van der Waals surface area contributed by atoms with E-state index in [0.29, 0.717) is 0 Å². The molecule has 96 valence electrons. The van der Waals surface area contributed by atoms with E-state index in [2.05, 4.69) is 18.3 Å². The van der Waals surface area contributed by atoms with Gasteiger partial charge in [0.1, 0.15) is 5.54 Å². The number of hydrogen-bond donors (Lipinski definition) is 1. The molecule has 4 heteroatoms. The standard InChI is InChI=1S/C13H23N3O/c1-4-9-16(3)12(17)11-5-7-13(10-14,15-2)8-6-11/h11,15H,4-9H2,1-3H3. The van der Waals surface area contributed by atoms with E-state index in [1.54, 1.807) is 0 Å². The summed E-state index contributed by atoms with van der Waals surface area (Å²) in [5, 5.41) is 12.2. The fourth-order valence-electron chi connectivity index (χ4n) is 2.53. The lowest BCUT2D eigenvalue weighted by atomic mass is 9.77. The van der Waals surface area contributed by atoms with Gasteiger partial charge in [0.2, 0.25) is 5.91 Å². The lowest BCUT2D eigenvalue weighted by Gasteiger charge is -2.35. The van der Waals surface area contributed by atoms with Gasteiger partial charge in [-0.2, -0.15) is 5.26 Å². The van der Waals surface area contributed by atoms with E-state index < -0.39 is 5.54 Å². The van der Waals surface area contributed by atoms with Gasteiger partial charge < -0.3 is 10.2 Å². The van der Waals surface area contributed by atoms with Crippen LogP contribution in [0.5, 0.6) is 0 Å². The zero-order valence-electron chi connectivity index (χ0n) is 11.1. The highest BCUT2D eigenvalue weighted by atomic mass is 16.2. The molecule has 0 spiro atoms. The molecule has 1 fully saturated rings. The summed E-state index contributed by atoms with van der Waals surface area (Å²) in [5.41, 5.74) is -0.403. The summed E-state index contributed by atoms with van der Waals surface area (Å²) in [6.45, 7) is 2.90. The fourth-order valence-corrected chi connectivity index (χ4v) is 2.53. The first kappa shape index (κ1) is 14.0. The maximum atomic E-state index is 12.1. The monoisotopic (exact) mass is 237 g/mol. The predicted octanol–water partition coefficient (Wildman–Crippen LogP) is 1.53. The topological polar surface area (TPSA) is 56.1 Å². The molecule has 0 saturated heterocycles. The normalized spacial score (nSPS) is 28.5. The van der Waals surface area contributed by atoms with Crippen molar-refractivity contribution in [2.45, 2.75) is 44.6 Å². The lowest BCUT2D eigenvalue weighted by molar-refractivity contribution is -0.135. The van der Waals surface area contributed by atoms with Gasteiger partial charge in [-0.15, -0.1) is 0 Å². The van der Waals surface area contributed by atoms with E-state index in [9.17, 15) is 4.79 Å². The van der Waals surface area contributed by atoms with Crippen LogP contribution in [0.3, 0.4) is 0 Å². The minimum atomic E-state index is -0.403. The Bertz CT molecular complexity index is 300. The van der Waals surface area contributed by atoms with E-state index in [4.69, 9.17) is 5.26 Å². The molecule has 1 amide bonds. The summed E-state index contributed by atoms with van der Waals surface area (Å²) < 4.78 is 0. The molecule has 0 aromatic carbocycles. The summed E-state index contributed by atoms with van der Waals surface area (Å²) in [6, 6.07) is 2.34. The molecule has 1 rings (SSSR count). The van der Waals surface area contributed by atoms with Crippen LogP contribution in [0.2, 0.25) is 0 Å². The Balaban J connectivity index is 2.52. The Hall–Kier alpha value is -1.08. The molecular weight excluding hydrogens is 214 g/mol. The van der Waals surface area contributed by atoms with Crippen LogP contribution in [0.25, 0.3) is 0 Å². The molecule has 0 radical (unpaired) electrons. The molecule has 0 aromatic heterocycles. The van der Waals surface area contributed by atoms with Gasteiger partial charge in [-0.1, -0.05) is 6.92 Å². The minimum Gasteiger partial charge on any atom is -0.346 e. The first-order valence-electron chi connectivity index (χ1n) is 6.43. The van der Waals surface area contributed by atoms with Gasteiger partial charge in [0.05, 0.1) is 6.07 Å². The van der Waals surface area contributed by atoms with Gasteiger partial charge in [0.15, 0.2) is 0 Å². The molecule has 1 saturated carbocycles. The number of amides is 1. The number of nitriles is 1. The predicted molar refractivity (Wildman–Crippen MR) is 67.3 cm³/mol. The molecule has 4 nitrogen and oxygen atoms in total. The molecule has 0 bridgehead atoms. The Morgan fingerprint density at radius 3 is 2.53 bits per heavy atom. The van der Waals surface area contributed by atoms with Crippen LogP contribution in [0, 0.1) is 17.2 Å². The molecule has 0 atom stereocenters. The first-order valence-corrected chi connectivity index (χ1v) is 6.43. The molecule has 0 heterocycles. The third-order valence-electron chi connectivity index (χ3n) is 3.82. The number of nitrogens with zero attached hydrogens (tertiary/aromatic N) is 2. The van der Waals surface area contributed by atoms with E-state index in [-0.39, 0.29) is 11.8 Å². The van der Waals surface area contributed by atoms with E-state index in [1.165, 1.54) is 0 Å². The van der Waals surface area contributed by atoms with Crippen LogP contribution in [0.1, 0.15) is 39.0 Å². The molecule has 0 unspecified atom stereocenters. The van der Waals surface area contributed by atoms with Crippen LogP contribution >= 0.6 is 0 Å². The third-order valence-corrected chi connectivity index (χ3v) is 3.82. The highest BCUT2D eigenvalue weighted by Crippen LogP contribution is 2.32. The van der Waals surface area contributed by atoms with Crippen molar-refractivity contribution in [3.63, 3.8) is 0 Å². The Morgan fingerprint density at radius 1 is 1.53 bits per heavy atom. The van der Waals surface area contributed by atoms with Crippen molar-refractivity contribution < 1.29 is 4.79 Å². The quantitative estimate of drug-likeness (QED) is 0.806. The summed E-state index contributed by atoms with van der Waals surface area (Å²) in [5.74, 6) is 0.357. The van der Waals surface area contributed by atoms with E-state index in [0.717, 1.165) is 38.6 Å². The number of rotatable bonds is 4. The van der Waals surface area contributed by atoms with Crippen LogP contribution in [-0.2, 0) is 4.79 Å². The van der Waals surface area contributed by atoms with Gasteiger partial charge >= 0.3 is 0 Å². The Morgan fingerprint density at radius 2 is 2.12 bits per heavy atom. The van der Waals surface area contributed by atoms with Crippen molar-refractivity contribution in [2.24, 2.45) is 5.92 Å². The number of carbonyl (C=O) groups is 1. The summed E-state index contributed by atoms with van der Waals surface area (Å²) in [6.07, 6.45) is 4.18. The summed E-state index contributed by atoms with van der Waals surface area (Å²) >= 11 is 0. The first-order chi connectivity index (χ1) is 8.08. The van der Waals surface area contributed by atoms with Crippen molar-refractivity contribution >= 4 is 5.91 Å². The SMILES string of the molecule is CCCN(C)C(=O)C1CCC(C#N)(NC)CC1. The fraction of sp³-hybridized carbons (Fsp3) is 0.846. The average Bonchev–Trinajstić information content (AvgIpc) is 2.38. The molecule has 1 aliphatic rings. The average molecular weight is 237 g/mol. The second-order valence-electron chi connectivity index (χ2n) is 4.98. The molecule has 0 aromatic rings. The van der Waals surface area contributed by atoms with Crippen molar-refractivity contribution in [2.75, 3.05) is 20.6 Å².